The van der Waals surface area contributed by atoms with E-state index >= 15 is 0 Å². The number of carbonyl (C=O) groups is 2. The van der Waals surface area contributed by atoms with E-state index in [1.54, 1.807) is 12.1 Å². The van der Waals surface area contributed by atoms with Crippen LogP contribution in [0, 0.1) is 13.8 Å². The van der Waals surface area contributed by atoms with Gasteiger partial charge in [-0.2, -0.15) is 0 Å². The number of hydrogen-bond donors (Lipinski definition) is 0. The summed E-state index contributed by atoms with van der Waals surface area (Å²) >= 11 is 0. The van der Waals surface area contributed by atoms with E-state index in [1.165, 1.54) is 103 Å². The average molecular weight is 739 g/mol. The molecule has 4 aromatic rings. The van der Waals surface area contributed by atoms with E-state index in [-0.39, 0.29) is 39.0 Å². The van der Waals surface area contributed by atoms with Crippen LogP contribution in [0.25, 0.3) is 5.57 Å². The van der Waals surface area contributed by atoms with Crippen LogP contribution in [0.1, 0.15) is 170 Å². The van der Waals surface area contributed by atoms with Gasteiger partial charge in [0, 0.05) is 5.41 Å². The molecule has 0 atom stereocenters. The van der Waals surface area contributed by atoms with Crippen LogP contribution >= 0.6 is 0 Å². The monoisotopic (exact) mass is 738 g/mol. The lowest BCUT2D eigenvalue weighted by atomic mass is 9.62. The fourth-order valence-electron chi connectivity index (χ4n) is 9.25. The summed E-state index contributed by atoms with van der Waals surface area (Å²) in [5.41, 5.74) is 16.7. The van der Waals surface area contributed by atoms with E-state index in [0.29, 0.717) is 11.1 Å². The lowest BCUT2D eigenvalue weighted by Crippen LogP contribution is -2.34. The molecule has 0 saturated heterocycles. The summed E-state index contributed by atoms with van der Waals surface area (Å²) in [5.74, 6) is -0.591. The van der Waals surface area contributed by atoms with Crippen LogP contribution in [0.4, 0.5) is 0 Å². The van der Waals surface area contributed by atoms with Gasteiger partial charge in [-0.1, -0.05) is 110 Å². The molecule has 4 heteroatoms. The highest BCUT2D eigenvalue weighted by atomic mass is 16.5. The number of hydrogen-bond acceptors (Lipinski definition) is 4. The number of rotatable bonds is 6. The number of ether oxygens (including phenoxy) is 2. The van der Waals surface area contributed by atoms with Crippen LogP contribution in [-0.4, -0.2) is 26.2 Å². The second kappa shape index (κ2) is 14.3. The zero-order valence-electron chi connectivity index (χ0n) is 35.5. The summed E-state index contributed by atoms with van der Waals surface area (Å²) in [6.45, 7) is 27.8. The molecule has 0 unspecified atom stereocenters. The lowest BCUT2D eigenvalue weighted by Gasteiger charge is -2.43. The zero-order chi connectivity index (χ0) is 40.3. The van der Waals surface area contributed by atoms with Crippen molar-refractivity contribution in [2.24, 2.45) is 0 Å². The van der Waals surface area contributed by atoms with Gasteiger partial charge >= 0.3 is 11.9 Å². The van der Waals surface area contributed by atoms with Crippen LogP contribution in [0.15, 0.2) is 79.4 Å². The first-order chi connectivity index (χ1) is 25.7. The van der Waals surface area contributed by atoms with Gasteiger partial charge in [0.15, 0.2) is 0 Å². The molecular formula is C51H62O4. The van der Waals surface area contributed by atoms with Crippen molar-refractivity contribution in [2.45, 2.75) is 135 Å². The number of aryl methyl sites for hydroxylation is 2. The highest BCUT2D eigenvalue weighted by Gasteiger charge is 2.48. The van der Waals surface area contributed by atoms with Crippen LogP contribution in [0.2, 0.25) is 0 Å². The molecule has 1 fully saturated rings. The topological polar surface area (TPSA) is 52.6 Å². The SMILES string of the molecule is C=C(c1ccc(C(=O)OC)cc1)c1cc2c(cc1C)C(C)(C)CCC2(C)C.COC(=O)c1ccc(C2(c3cc4c(cc3C)C(C)(C)CCC4(C)C)CC2)cc1. The number of fused-ring (bicyclic) bond motifs is 2. The third-order valence-corrected chi connectivity index (χ3v) is 13.5. The molecule has 290 valence electrons. The summed E-state index contributed by atoms with van der Waals surface area (Å²) in [6, 6.07) is 25.2. The largest absolute Gasteiger partial charge is 0.465 e. The Labute approximate surface area is 330 Å². The van der Waals surface area contributed by atoms with Gasteiger partial charge in [-0.05, 0) is 160 Å². The summed E-state index contributed by atoms with van der Waals surface area (Å²) in [6.07, 6.45) is 7.22. The fourth-order valence-corrected chi connectivity index (χ4v) is 9.25. The molecule has 4 nitrogen and oxygen atoms in total. The van der Waals surface area contributed by atoms with Crippen molar-refractivity contribution in [1.82, 2.24) is 0 Å². The standard InChI is InChI=1S/C26H32O2.C25H30O2/c1-17-15-21-22(25(4,5)12-11-24(21,2)3)16-20(17)26(13-14-26)19-9-7-18(8-10-19)23(27)28-6;1-16-14-21-22(25(5,6)13-12-24(21,3)4)15-20(16)17(2)18-8-10-19(11-9-18)23(26)27-7/h7-10,15-16H,11-14H2,1-6H3;8-11,14-15H,2,12-13H2,1,3-7H3. The molecule has 0 radical (unpaired) electrons. The Balaban J connectivity index is 0.000000187. The van der Waals surface area contributed by atoms with Crippen LogP contribution in [0.3, 0.4) is 0 Å². The quantitative estimate of drug-likeness (QED) is 0.185. The molecule has 3 aliphatic carbocycles. The van der Waals surface area contributed by atoms with Gasteiger partial charge in [-0.3, -0.25) is 0 Å². The first-order valence-corrected chi connectivity index (χ1v) is 20.1. The first-order valence-electron chi connectivity index (χ1n) is 20.1. The van der Waals surface area contributed by atoms with E-state index in [4.69, 9.17) is 9.47 Å². The highest BCUT2D eigenvalue weighted by Crippen LogP contribution is 2.57. The van der Waals surface area contributed by atoms with E-state index in [0.717, 1.165) is 11.1 Å². The summed E-state index contributed by atoms with van der Waals surface area (Å²) in [4.78, 5) is 23.5. The normalized spacial score (nSPS) is 19.1. The van der Waals surface area contributed by atoms with Gasteiger partial charge in [0.25, 0.3) is 0 Å². The maximum absolute atomic E-state index is 11.8. The fraction of sp³-hybridized carbons (Fsp3) is 0.451. The molecule has 0 spiro atoms. The molecule has 3 aliphatic rings. The van der Waals surface area contributed by atoms with E-state index in [9.17, 15) is 9.59 Å². The highest BCUT2D eigenvalue weighted by molar-refractivity contribution is 5.90. The third kappa shape index (κ3) is 7.46. The molecule has 1 saturated carbocycles. The number of benzene rings is 4. The van der Waals surface area contributed by atoms with Crippen molar-refractivity contribution in [3.05, 3.63) is 146 Å². The molecule has 7 rings (SSSR count). The molecule has 55 heavy (non-hydrogen) atoms. The lowest BCUT2D eigenvalue weighted by molar-refractivity contribution is 0.0592. The minimum atomic E-state index is -0.318. The summed E-state index contributed by atoms with van der Waals surface area (Å²) in [5, 5.41) is 0. The van der Waals surface area contributed by atoms with E-state index in [1.807, 2.05) is 24.3 Å². The van der Waals surface area contributed by atoms with Gasteiger partial charge in [-0.15, -0.1) is 0 Å². The Morgan fingerprint density at radius 2 is 0.855 bits per heavy atom. The van der Waals surface area contributed by atoms with Crippen LogP contribution in [-0.2, 0) is 36.5 Å². The minimum absolute atomic E-state index is 0.103. The molecule has 0 bridgehead atoms. The summed E-state index contributed by atoms with van der Waals surface area (Å²) in [7, 11) is 2.83. The van der Waals surface area contributed by atoms with Crippen LogP contribution in [0.5, 0.6) is 0 Å². The maximum Gasteiger partial charge on any atom is 0.337 e. The van der Waals surface area contributed by atoms with Crippen molar-refractivity contribution in [3.63, 3.8) is 0 Å². The number of esters is 2. The van der Waals surface area contributed by atoms with Crippen molar-refractivity contribution >= 4 is 17.5 Å². The van der Waals surface area contributed by atoms with Crippen LogP contribution < -0.4 is 0 Å². The van der Waals surface area contributed by atoms with Gasteiger partial charge in [0.2, 0.25) is 0 Å². The minimum Gasteiger partial charge on any atom is -0.465 e. The Morgan fingerprint density at radius 3 is 1.27 bits per heavy atom. The molecule has 4 aromatic carbocycles. The van der Waals surface area contributed by atoms with Crippen molar-refractivity contribution in [1.29, 1.82) is 0 Å². The zero-order valence-corrected chi connectivity index (χ0v) is 35.5. The Hall–Kier alpha value is -4.44. The molecule has 0 N–H and O–H groups in total. The first kappa shape index (κ1) is 40.2. The van der Waals surface area contributed by atoms with E-state index in [2.05, 4.69) is 112 Å². The second-order valence-electron chi connectivity index (χ2n) is 19.2. The second-order valence-corrected chi connectivity index (χ2v) is 19.2. The Bertz CT molecular complexity index is 2140. The molecule has 0 aliphatic heterocycles. The molecule has 0 aromatic heterocycles. The third-order valence-electron chi connectivity index (χ3n) is 13.5. The summed E-state index contributed by atoms with van der Waals surface area (Å²) < 4.78 is 9.63. The van der Waals surface area contributed by atoms with Crippen molar-refractivity contribution in [2.75, 3.05) is 14.2 Å². The maximum atomic E-state index is 11.8. The predicted molar refractivity (Wildman–Crippen MR) is 227 cm³/mol. The predicted octanol–water partition coefficient (Wildman–Crippen LogP) is 12.4. The van der Waals surface area contributed by atoms with Gasteiger partial charge in [0.1, 0.15) is 0 Å². The Kier molecular flexibility index (Phi) is 10.4. The van der Waals surface area contributed by atoms with Crippen molar-refractivity contribution < 1.29 is 19.1 Å². The van der Waals surface area contributed by atoms with Crippen molar-refractivity contribution in [3.8, 4) is 0 Å². The Morgan fingerprint density at radius 1 is 0.491 bits per heavy atom. The molecule has 0 heterocycles. The molecule has 0 amide bonds. The van der Waals surface area contributed by atoms with Gasteiger partial charge in [-0.25, -0.2) is 9.59 Å². The number of methoxy groups -OCH3 is 2. The average Bonchev–Trinajstić information content (AvgIpc) is 3.96. The molecular weight excluding hydrogens is 677 g/mol. The smallest absolute Gasteiger partial charge is 0.337 e. The number of carbonyl (C=O) groups excluding carboxylic acids is 2. The van der Waals surface area contributed by atoms with E-state index < -0.39 is 0 Å². The van der Waals surface area contributed by atoms with Gasteiger partial charge in [0.05, 0.1) is 25.3 Å². The van der Waals surface area contributed by atoms with Gasteiger partial charge < -0.3 is 9.47 Å².